The largest absolute Gasteiger partial charge is 0.464 e. The number of hydrogen-bond donors (Lipinski definition) is 1. The fourth-order valence-corrected chi connectivity index (χ4v) is 1.78. The summed E-state index contributed by atoms with van der Waals surface area (Å²) in [7, 11) is 1.66. The molecule has 0 aliphatic heterocycles. The second-order valence-corrected chi connectivity index (χ2v) is 5.10. The first-order valence-electron chi connectivity index (χ1n) is 7.03. The monoisotopic (exact) mass is 293 g/mol. The number of ether oxygens (including phenoxy) is 1. The van der Waals surface area contributed by atoms with E-state index in [-0.39, 0.29) is 11.9 Å². The molecule has 0 aliphatic rings. The highest BCUT2D eigenvalue weighted by Gasteiger charge is 2.26. The van der Waals surface area contributed by atoms with Crippen LogP contribution >= 0.6 is 0 Å². The zero-order chi connectivity index (χ0) is 15.8. The highest BCUT2D eigenvalue weighted by molar-refractivity contribution is 5.83. The summed E-state index contributed by atoms with van der Waals surface area (Å²) in [6.45, 7) is 6.13. The van der Waals surface area contributed by atoms with Crippen LogP contribution in [-0.2, 0) is 16.1 Å². The molecule has 116 valence electrons. The molecule has 6 heteroatoms. The first-order valence-corrected chi connectivity index (χ1v) is 7.03. The predicted octanol–water partition coefficient (Wildman–Crippen LogP) is 1.81. The number of aromatic nitrogens is 1. The van der Waals surface area contributed by atoms with Gasteiger partial charge in [0.1, 0.15) is 6.04 Å². The molecular weight excluding hydrogens is 270 g/mol. The molecule has 0 unspecified atom stereocenters. The van der Waals surface area contributed by atoms with Crippen molar-refractivity contribution in [3.05, 3.63) is 30.1 Å². The average molecular weight is 293 g/mol. The minimum Gasteiger partial charge on any atom is -0.464 e. The molecule has 0 spiro atoms. The van der Waals surface area contributed by atoms with Gasteiger partial charge in [-0.25, -0.2) is 9.59 Å². The second kappa shape index (κ2) is 8.24. The minimum absolute atomic E-state index is 0.0451. The van der Waals surface area contributed by atoms with Crippen molar-refractivity contribution in [2.45, 2.75) is 33.4 Å². The van der Waals surface area contributed by atoms with Gasteiger partial charge in [0, 0.05) is 13.2 Å². The molecule has 0 bridgehead atoms. The molecule has 0 radical (unpaired) electrons. The van der Waals surface area contributed by atoms with Crippen LogP contribution in [0.5, 0.6) is 0 Å². The lowest BCUT2D eigenvalue weighted by molar-refractivity contribution is -0.146. The molecule has 0 saturated carbocycles. The van der Waals surface area contributed by atoms with E-state index < -0.39 is 12.0 Å². The van der Waals surface area contributed by atoms with Crippen molar-refractivity contribution in [2.75, 3.05) is 13.7 Å². The highest BCUT2D eigenvalue weighted by atomic mass is 16.5. The number of urea groups is 1. The van der Waals surface area contributed by atoms with E-state index in [0.29, 0.717) is 13.2 Å². The van der Waals surface area contributed by atoms with Gasteiger partial charge < -0.3 is 15.0 Å². The van der Waals surface area contributed by atoms with Crippen molar-refractivity contribution < 1.29 is 14.3 Å². The number of nitrogens with zero attached hydrogens (tertiary/aromatic N) is 2. The van der Waals surface area contributed by atoms with Crippen LogP contribution in [0.15, 0.2) is 24.4 Å². The molecule has 0 aromatic carbocycles. The first kappa shape index (κ1) is 16.9. The van der Waals surface area contributed by atoms with E-state index in [0.717, 1.165) is 5.69 Å². The van der Waals surface area contributed by atoms with Crippen molar-refractivity contribution >= 4 is 12.0 Å². The number of carbonyl (C=O) groups is 2. The van der Waals surface area contributed by atoms with E-state index >= 15 is 0 Å². The molecule has 1 aromatic rings. The summed E-state index contributed by atoms with van der Waals surface area (Å²) in [5, 5.41) is 2.71. The number of hydrogen-bond acceptors (Lipinski definition) is 4. The van der Waals surface area contributed by atoms with Gasteiger partial charge in [-0.05, 0) is 25.0 Å². The van der Waals surface area contributed by atoms with Crippen molar-refractivity contribution in [2.24, 2.45) is 5.92 Å². The summed E-state index contributed by atoms with van der Waals surface area (Å²) in [6.07, 6.45) is 1.68. The molecule has 1 heterocycles. The van der Waals surface area contributed by atoms with Crippen molar-refractivity contribution in [1.29, 1.82) is 0 Å². The summed E-state index contributed by atoms with van der Waals surface area (Å²) in [5.41, 5.74) is 0.785. The summed E-state index contributed by atoms with van der Waals surface area (Å²) in [6, 6.07) is 4.55. The predicted molar refractivity (Wildman–Crippen MR) is 79.5 cm³/mol. The molecule has 6 nitrogen and oxygen atoms in total. The number of rotatable bonds is 6. The van der Waals surface area contributed by atoms with Gasteiger partial charge in [0.15, 0.2) is 0 Å². The molecule has 21 heavy (non-hydrogen) atoms. The van der Waals surface area contributed by atoms with Crippen LogP contribution in [0.2, 0.25) is 0 Å². The fraction of sp³-hybridized carbons (Fsp3) is 0.533. The van der Waals surface area contributed by atoms with Crippen molar-refractivity contribution in [1.82, 2.24) is 15.2 Å². The molecule has 1 aromatic heterocycles. The van der Waals surface area contributed by atoms with Crippen LogP contribution in [-0.4, -0.2) is 41.6 Å². The zero-order valence-electron chi connectivity index (χ0n) is 13.0. The Balaban J connectivity index is 2.62. The van der Waals surface area contributed by atoms with Crippen LogP contribution in [0, 0.1) is 5.92 Å². The Labute approximate surface area is 125 Å². The number of carbonyl (C=O) groups excluding carboxylic acids is 2. The molecule has 0 saturated heterocycles. The Morgan fingerprint density at radius 2 is 2.10 bits per heavy atom. The SMILES string of the molecule is CCOC(=O)[C@@H](NC(=O)N(C)Cc1ccccn1)C(C)C. The fourth-order valence-electron chi connectivity index (χ4n) is 1.78. The Morgan fingerprint density at radius 3 is 2.62 bits per heavy atom. The van der Waals surface area contributed by atoms with E-state index in [1.54, 1.807) is 20.2 Å². The van der Waals surface area contributed by atoms with Gasteiger partial charge in [-0.2, -0.15) is 0 Å². The molecular formula is C15H23N3O3. The molecule has 1 N–H and O–H groups in total. The van der Waals surface area contributed by atoms with E-state index in [1.165, 1.54) is 4.90 Å². The normalized spacial score (nSPS) is 11.9. The second-order valence-electron chi connectivity index (χ2n) is 5.10. The zero-order valence-corrected chi connectivity index (χ0v) is 13.0. The highest BCUT2D eigenvalue weighted by Crippen LogP contribution is 2.06. The van der Waals surface area contributed by atoms with Crippen LogP contribution < -0.4 is 5.32 Å². The van der Waals surface area contributed by atoms with Crippen LogP contribution in [0.25, 0.3) is 0 Å². The van der Waals surface area contributed by atoms with Gasteiger partial charge >= 0.3 is 12.0 Å². The third kappa shape index (κ3) is 5.41. The minimum atomic E-state index is -0.649. The van der Waals surface area contributed by atoms with Gasteiger partial charge in [-0.1, -0.05) is 19.9 Å². The smallest absolute Gasteiger partial charge is 0.328 e. The summed E-state index contributed by atoms with van der Waals surface area (Å²) < 4.78 is 4.98. The van der Waals surface area contributed by atoms with E-state index in [4.69, 9.17) is 4.74 Å². The van der Waals surface area contributed by atoms with E-state index in [1.807, 2.05) is 32.0 Å². The maximum absolute atomic E-state index is 12.2. The van der Waals surface area contributed by atoms with Crippen molar-refractivity contribution in [3.63, 3.8) is 0 Å². The molecule has 0 aliphatic carbocycles. The van der Waals surface area contributed by atoms with Gasteiger partial charge in [-0.15, -0.1) is 0 Å². The Hall–Kier alpha value is -2.11. The number of pyridine rings is 1. The average Bonchev–Trinajstić information content (AvgIpc) is 2.45. The van der Waals surface area contributed by atoms with Gasteiger partial charge in [-0.3, -0.25) is 4.98 Å². The molecule has 0 fully saturated rings. The lowest BCUT2D eigenvalue weighted by atomic mass is 10.1. The Bertz CT molecular complexity index is 462. The maximum atomic E-state index is 12.2. The number of amides is 2. The summed E-state index contributed by atoms with van der Waals surface area (Å²) in [4.78, 5) is 29.6. The topological polar surface area (TPSA) is 71.5 Å². The molecule has 1 atom stereocenters. The maximum Gasteiger partial charge on any atom is 0.328 e. The van der Waals surface area contributed by atoms with Crippen LogP contribution in [0.1, 0.15) is 26.5 Å². The van der Waals surface area contributed by atoms with E-state index in [2.05, 4.69) is 10.3 Å². The standard InChI is InChI=1S/C15H23N3O3/c1-5-21-14(19)13(11(2)3)17-15(20)18(4)10-12-8-6-7-9-16-12/h6-9,11,13H,5,10H2,1-4H3,(H,17,20)/t13-/m0/s1. The molecule has 1 rings (SSSR count). The Kier molecular flexibility index (Phi) is 6.65. The third-order valence-electron chi connectivity index (χ3n) is 2.96. The number of esters is 1. The first-order chi connectivity index (χ1) is 9.95. The lowest BCUT2D eigenvalue weighted by Gasteiger charge is -2.24. The van der Waals surface area contributed by atoms with Gasteiger partial charge in [0.05, 0.1) is 18.8 Å². The quantitative estimate of drug-likeness (QED) is 0.812. The van der Waals surface area contributed by atoms with Crippen molar-refractivity contribution in [3.8, 4) is 0 Å². The van der Waals surface area contributed by atoms with Crippen LogP contribution in [0.3, 0.4) is 0 Å². The third-order valence-corrected chi connectivity index (χ3v) is 2.96. The molecule has 2 amide bonds. The summed E-state index contributed by atoms with van der Waals surface area (Å²) in [5.74, 6) is -0.455. The van der Waals surface area contributed by atoms with E-state index in [9.17, 15) is 9.59 Å². The number of nitrogens with one attached hydrogen (secondary N) is 1. The van der Waals surface area contributed by atoms with Gasteiger partial charge in [0.25, 0.3) is 0 Å². The van der Waals surface area contributed by atoms with Crippen LogP contribution in [0.4, 0.5) is 4.79 Å². The lowest BCUT2D eigenvalue weighted by Crippen LogP contribution is -2.49. The summed E-state index contributed by atoms with van der Waals surface area (Å²) >= 11 is 0. The van der Waals surface area contributed by atoms with Gasteiger partial charge in [0.2, 0.25) is 0 Å². The Morgan fingerprint density at radius 1 is 1.38 bits per heavy atom.